The van der Waals surface area contributed by atoms with Crippen molar-refractivity contribution < 1.29 is 0 Å². The van der Waals surface area contributed by atoms with Crippen LogP contribution in [0.5, 0.6) is 0 Å². The molecule has 0 saturated heterocycles. The third-order valence-corrected chi connectivity index (χ3v) is 12.3. The zero-order valence-electron chi connectivity index (χ0n) is 29.8. The number of nitrogens with zero attached hydrogens (tertiary/aromatic N) is 1. The van der Waals surface area contributed by atoms with Crippen LogP contribution in [0.4, 0.5) is 17.1 Å². The summed E-state index contributed by atoms with van der Waals surface area (Å²) in [6.07, 6.45) is 0. The van der Waals surface area contributed by atoms with Crippen LogP contribution in [0.3, 0.4) is 0 Å². The third-order valence-electron chi connectivity index (χ3n) is 11.1. The molecule has 0 bridgehead atoms. The molecule has 8 aromatic carbocycles. The van der Waals surface area contributed by atoms with Crippen LogP contribution < -0.4 is 4.90 Å². The minimum atomic E-state index is -0.123. The van der Waals surface area contributed by atoms with E-state index in [1.165, 1.54) is 81.5 Å². The Morgan fingerprint density at radius 2 is 1.00 bits per heavy atom. The zero-order valence-corrected chi connectivity index (χ0v) is 30.6. The minimum Gasteiger partial charge on any atom is -0.309 e. The molecule has 0 fully saturated rings. The molecule has 0 amide bonds. The van der Waals surface area contributed by atoms with Crippen molar-refractivity contribution in [3.8, 4) is 44.5 Å². The van der Waals surface area contributed by atoms with Gasteiger partial charge in [-0.15, -0.1) is 11.3 Å². The second-order valence-electron chi connectivity index (χ2n) is 14.5. The van der Waals surface area contributed by atoms with Crippen LogP contribution in [0.1, 0.15) is 25.0 Å². The number of fused-ring (bicyclic) bond motifs is 6. The Morgan fingerprint density at radius 3 is 1.79 bits per heavy atom. The molecule has 0 saturated carbocycles. The van der Waals surface area contributed by atoms with E-state index in [-0.39, 0.29) is 5.41 Å². The lowest BCUT2D eigenvalue weighted by Gasteiger charge is -2.31. The average molecular weight is 696 g/mol. The van der Waals surface area contributed by atoms with Crippen LogP contribution in [-0.4, -0.2) is 0 Å². The van der Waals surface area contributed by atoms with Crippen molar-refractivity contribution in [3.63, 3.8) is 0 Å². The maximum absolute atomic E-state index is 2.53. The summed E-state index contributed by atoms with van der Waals surface area (Å²) >= 11 is 1.89. The molecular formula is C51H37NS. The fraction of sp³-hybridized carbons (Fsp3) is 0.0588. The number of rotatable bonds is 6. The van der Waals surface area contributed by atoms with Crippen LogP contribution in [0, 0.1) is 0 Å². The van der Waals surface area contributed by atoms with E-state index < -0.39 is 0 Å². The number of anilines is 3. The van der Waals surface area contributed by atoms with E-state index in [1.54, 1.807) is 0 Å². The number of benzene rings is 8. The number of hydrogen-bond donors (Lipinski definition) is 0. The first kappa shape index (κ1) is 31.5. The molecular weight excluding hydrogens is 659 g/mol. The number of hydrogen-bond acceptors (Lipinski definition) is 2. The van der Waals surface area contributed by atoms with Crippen LogP contribution >= 0.6 is 11.3 Å². The van der Waals surface area contributed by atoms with E-state index in [2.05, 4.69) is 207 Å². The maximum atomic E-state index is 2.53. The van der Waals surface area contributed by atoms with Gasteiger partial charge in [0, 0.05) is 48.0 Å². The Balaban J connectivity index is 1.28. The summed E-state index contributed by atoms with van der Waals surface area (Å²) in [5, 5.41) is 2.61. The first-order valence-electron chi connectivity index (χ1n) is 18.4. The predicted molar refractivity (Wildman–Crippen MR) is 228 cm³/mol. The van der Waals surface area contributed by atoms with Gasteiger partial charge in [0.2, 0.25) is 0 Å². The van der Waals surface area contributed by atoms with Gasteiger partial charge in [0.15, 0.2) is 0 Å². The van der Waals surface area contributed by atoms with Crippen molar-refractivity contribution >= 4 is 48.6 Å². The van der Waals surface area contributed by atoms with E-state index in [1.807, 2.05) is 11.3 Å². The van der Waals surface area contributed by atoms with Gasteiger partial charge in [-0.25, -0.2) is 0 Å². The molecule has 9 aromatic rings. The van der Waals surface area contributed by atoms with Crippen molar-refractivity contribution in [2.45, 2.75) is 19.3 Å². The second-order valence-corrected chi connectivity index (χ2v) is 15.5. The Labute approximate surface area is 315 Å². The van der Waals surface area contributed by atoms with Gasteiger partial charge < -0.3 is 4.90 Å². The van der Waals surface area contributed by atoms with Gasteiger partial charge in [0.05, 0.1) is 11.4 Å². The van der Waals surface area contributed by atoms with Gasteiger partial charge in [-0.2, -0.15) is 0 Å². The fourth-order valence-corrected chi connectivity index (χ4v) is 9.71. The lowest BCUT2D eigenvalue weighted by atomic mass is 9.82. The Morgan fingerprint density at radius 1 is 0.415 bits per heavy atom. The quantitative estimate of drug-likeness (QED) is 0.167. The van der Waals surface area contributed by atoms with Crippen molar-refractivity contribution in [1.29, 1.82) is 0 Å². The lowest BCUT2D eigenvalue weighted by molar-refractivity contribution is 0.660. The molecule has 0 unspecified atom stereocenters. The average Bonchev–Trinajstić information content (AvgIpc) is 3.71. The molecule has 252 valence electrons. The lowest BCUT2D eigenvalue weighted by Crippen LogP contribution is -2.16. The van der Waals surface area contributed by atoms with Gasteiger partial charge >= 0.3 is 0 Å². The summed E-state index contributed by atoms with van der Waals surface area (Å²) in [4.78, 5) is 2.53. The first-order valence-corrected chi connectivity index (χ1v) is 19.2. The highest BCUT2D eigenvalue weighted by Gasteiger charge is 2.38. The third kappa shape index (κ3) is 5.13. The molecule has 0 aliphatic heterocycles. The Hall–Kier alpha value is -6.22. The molecule has 10 rings (SSSR count). The van der Waals surface area contributed by atoms with Crippen molar-refractivity contribution in [2.24, 2.45) is 0 Å². The van der Waals surface area contributed by atoms with Crippen LogP contribution in [0.15, 0.2) is 188 Å². The van der Waals surface area contributed by atoms with E-state index in [0.29, 0.717) is 0 Å². The molecule has 0 atom stereocenters. The highest BCUT2D eigenvalue weighted by atomic mass is 32.1. The largest absolute Gasteiger partial charge is 0.309 e. The summed E-state index contributed by atoms with van der Waals surface area (Å²) in [5.41, 5.74) is 15.9. The van der Waals surface area contributed by atoms with Crippen molar-refractivity contribution in [1.82, 2.24) is 0 Å². The molecule has 0 radical (unpaired) electrons. The molecule has 2 heteroatoms. The molecule has 1 aliphatic rings. The smallest absolute Gasteiger partial charge is 0.0546 e. The highest BCUT2D eigenvalue weighted by Crippen LogP contribution is 2.55. The number of thiophene rings is 1. The Bertz CT molecular complexity index is 2790. The van der Waals surface area contributed by atoms with Crippen LogP contribution in [-0.2, 0) is 5.41 Å². The maximum Gasteiger partial charge on any atom is 0.0546 e. The van der Waals surface area contributed by atoms with E-state index in [9.17, 15) is 0 Å². The van der Waals surface area contributed by atoms with Gasteiger partial charge in [0.1, 0.15) is 0 Å². The van der Waals surface area contributed by atoms with E-state index in [4.69, 9.17) is 0 Å². The normalized spacial score (nSPS) is 12.9. The minimum absolute atomic E-state index is 0.123. The fourth-order valence-electron chi connectivity index (χ4n) is 8.48. The summed E-state index contributed by atoms with van der Waals surface area (Å²) < 4.78 is 2.62. The first-order chi connectivity index (χ1) is 26.1. The molecule has 1 nitrogen and oxygen atoms in total. The van der Waals surface area contributed by atoms with Gasteiger partial charge in [-0.05, 0) is 69.3 Å². The molecule has 0 spiro atoms. The summed E-state index contributed by atoms with van der Waals surface area (Å²) in [7, 11) is 0. The SMILES string of the molecule is CC1(C)c2ccccc2-c2c(N(c3ccc(-c4ccccc4)cc3)c3cc(-c4ccccc4)ccc3-c3cccc4c3sc3ccccc34)cccc21. The molecule has 1 aliphatic carbocycles. The zero-order chi connectivity index (χ0) is 35.5. The van der Waals surface area contributed by atoms with Crippen LogP contribution in [0.2, 0.25) is 0 Å². The standard InChI is InChI=1S/C51H37NS/c1-51(2)44-23-11-9-20-43(44)49-45(51)24-14-25-46(49)52(38-30-27-36(28-31-38)34-15-5-3-6-16-34)47-33-37(35-17-7-4-8-18-35)29-32-39(47)41-21-13-22-42-40-19-10-12-26-48(40)53-50(41)42/h3-33H,1-2H3. The molecule has 53 heavy (non-hydrogen) atoms. The van der Waals surface area contributed by atoms with Gasteiger partial charge in [0.25, 0.3) is 0 Å². The Kier molecular flexibility index (Phi) is 7.42. The van der Waals surface area contributed by atoms with E-state index >= 15 is 0 Å². The highest BCUT2D eigenvalue weighted by molar-refractivity contribution is 7.26. The molecule has 0 N–H and O–H groups in total. The van der Waals surface area contributed by atoms with Crippen molar-refractivity contribution in [2.75, 3.05) is 4.90 Å². The van der Waals surface area contributed by atoms with E-state index in [0.717, 1.165) is 11.4 Å². The van der Waals surface area contributed by atoms with Gasteiger partial charge in [-0.3, -0.25) is 0 Å². The molecule has 1 heterocycles. The van der Waals surface area contributed by atoms with Gasteiger partial charge in [-0.1, -0.05) is 172 Å². The van der Waals surface area contributed by atoms with Crippen molar-refractivity contribution in [3.05, 3.63) is 199 Å². The second kappa shape index (κ2) is 12.5. The monoisotopic (exact) mass is 695 g/mol. The molecule has 1 aromatic heterocycles. The topological polar surface area (TPSA) is 3.24 Å². The summed E-state index contributed by atoms with van der Waals surface area (Å²) in [5.74, 6) is 0. The van der Waals surface area contributed by atoms with Crippen LogP contribution in [0.25, 0.3) is 64.7 Å². The summed E-state index contributed by atoms with van der Waals surface area (Å²) in [6, 6.07) is 69.1. The summed E-state index contributed by atoms with van der Waals surface area (Å²) in [6.45, 7) is 4.73. The predicted octanol–water partition coefficient (Wildman–Crippen LogP) is 14.8.